The summed E-state index contributed by atoms with van der Waals surface area (Å²) in [5.74, 6) is -0.196. The first-order valence-electron chi connectivity index (χ1n) is 8.32. The first-order chi connectivity index (χ1) is 12.7. The molecule has 2 N–H and O–H groups in total. The summed E-state index contributed by atoms with van der Waals surface area (Å²) in [6.45, 7) is 2.06. The maximum absolute atomic E-state index is 12.2. The number of amides is 2. The molecule has 0 spiro atoms. The summed E-state index contributed by atoms with van der Waals surface area (Å²) in [6.07, 6.45) is 1.75. The molecule has 1 aromatic carbocycles. The number of hydrogen-bond acceptors (Lipinski definition) is 5. The van der Waals surface area contributed by atoms with Crippen LogP contribution in [0.3, 0.4) is 0 Å². The van der Waals surface area contributed by atoms with E-state index in [1.165, 1.54) is 22.7 Å². The van der Waals surface area contributed by atoms with E-state index < -0.39 is 0 Å². The summed E-state index contributed by atoms with van der Waals surface area (Å²) in [7, 11) is 0. The first kappa shape index (κ1) is 18.3. The number of nitrogens with one attached hydrogen (secondary N) is 2. The van der Waals surface area contributed by atoms with Crippen LogP contribution in [-0.2, 0) is 17.6 Å². The molecule has 0 fully saturated rings. The molecule has 134 valence electrons. The van der Waals surface area contributed by atoms with E-state index in [9.17, 15) is 9.59 Å². The highest BCUT2D eigenvalue weighted by Crippen LogP contribution is 2.20. The molecule has 26 heavy (non-hydrogen) atoms. The zero-order valence-electron chi connectivity index (χ0n) is 14.3. The van der Waals surface area contributed by atoms with Gasteiger partial charge in [-0.2, -0.15) is 0 Å². The third kappa shape index (κ3) is 4.77. The normalized spacial score (nSPS) is 10.5. The summed E-state index contributed by atoms with van der Waals surface area (Å²) in [4.78, 5) is 29.2. The highest BCUT2D eigenvalue weighted by atomic mass is 32.1. The lowest BCUT2D eigenvalue weighted by molar-refractivity contribution is -0.116. The summed E-state index contributed by atoms with van der Waals surface area (Å²) in [5.41, 5.74) is 2.78. The zero-order chi connectivity index (χ0) is 18.4. The van der Waals surface area contributed by atoms with Gasteiger partial charge in [-0.05, 0) is 35.9 Å². The summed E-state index contributed by atoms with van der Waals surface area (Å²) < 4.78 is 0. The fourth-order valence-electron chi connectivity index (χ4n) is 2.45. The Morgan fingerprint density at radius 3 is 2.69 bits per heavy atom. The number of benzene rings is 1. The predicted octanol–water partition coefficient (Wildman–Crippen LogP) is 4.59. The molecule has 0 aliphatic carbocycles. The van der Waals surface area contributed by atoms with Crippen LogP contribution < -0.4 is 10.6 Å². The zero-order valence-corrected chi connectivity index (χ0v) is 16.0. The van der Waals surface area contributed by atoms with Gasteiger partial charge in [-0.15, -0.1) is 22.7 Å². The Morgan fingerprint density at radius 1 is 1.08 bits per heavy atom. The summed E-state index contributed by atoms with van der Waals surface area (Å²) in [6, 6.07) is 11.4. The lowest BCUT2D eigenvalue weighted by atomic mass is 10.1. The molecule has 3 rings (SSSR count). The van der Waals surface area contributed by atoms with Gasteiger partial charge in [0.05, 0.1) is 10.6 Å². The molecule has 2 aromatic heterocycles. The molecular weight excluding hydrogens is 366 g/mol. The average Bonchev–Trinajstić information content (AvgIpc) is 3.32. The third-order valence-electron chi connectivity index (χ3n) is 3.80. The second-order valence-corrected chi connectivity index (χ2v) is 7.44. The van der Waals surface area contributed by atoms with E-state index in [0.29, 0.717) is 22.9 Å². The van der Waals surface area contributed by atoms with Crippen LogP contribution in [0.1, 0.15) is 34.3 Å². The second kappa shape index (κ2) is 8.73. The Hall–Kier alpha value is -2.51. The number of aromatic nitrogens is 1. The smallest absolute Gasteiger partial charge is 0.267 e. The molecule has 2 amide bonds. The van der Waals surface area contributed by atoms with Gasteiger partial charge in [0.1, 0.15) is 0 Å². The van der Waals surface area contributed by atoms with Crippen molar-refractivity contribution in [3.05, 3.63) is 63.3 Å². The number of nitrogens with zero attached hydrogens (tertiary/aromatic N) is 1. The molecule has 3 aromatic rings. The Kier molecular flexibility index (Phi) is 6.14. The van der Waals surface area contributed by atoms with Gasteiger partial charge in [0, 0.05) is 17.5 Å². The van der Waals surface area contributed by atoms with Crippen LogP contribution in [0.5, 0.6) is 0 Å². The average molecular weight is 386 g/mol. The van der Waals surface area contributed by atoms with Gasteiger partial charge < -0.3 is 5.32 Å². The minimum atomic E-state index is -0.158. The number of thiophene rings is 1. The van der Waals surface area contributed by atoms with Crippen molar-refractivity contribution in [2.45, 2.75) is 26.2 Å². The highest BCUT2D eigenvalue weighted by Gasteiger charge is 2.11. The predicted molar refractivity (Wildman–Crippen MR) is 107 cm³/mol. The molecule has 0 radical (unpaired) electrons. The van der Waals surface area contributed by atoms with Gasteiger partial charge in [-0.3, -0.25) is 14.9 Å². The molecule has 0 aliphatic rings. The maximum Gasteiger partial charge on any atom is 0.267 e. The molecule has 0 aliphatic heterocycles. The highest BCUT2D eigenvalue weighted by molar-refractivity contribution is 7.14. The van der Waals surface area contributed by atoms with Gasteiger partial charge in [-0.25, -0.2) is 4.98 Å². The van der Waals surface area contributed by atoms with Gasteiger partial charge in [-0.1, -0.05) is 31.2 Å². The first-order valence-corrected chi connectivity index (χ1v) is 10.1. The van der Waals surface area contributed by atoms with Crippen molar-refractivity contribution in [1.29, 1.82) is 0 Å². The molecular formula is C19H19N3O2S2. The van der Waals surface area contributed by atoms with E-state index in [4.69, 9.17) is 0 Å². The quantitative estimate of drug-likeness (QED) is 0.625. The summed E-state index contributed by atoms with van der Waals surface area (Å²) >= 11 is 2.75. The number of aryl methyl sites for hydroxylation is 2. The van der Waals surface area contributed by atoms with Crippen molar-refractivity contribution < 1.29 is 9.59 Å². The lowest BCUT2D eigenvalue weighted by Crippen LogP contribution is -2.14. The standard InChI is InChI=1S/C19H19N3O2S2/c1-2-13-6-3-4-7-15(13)21-17(23)10-9-14-12-26-19(20-14)22-18(24)16-8-5-11-25-16/h3-8,11-12H,2,9-10H2,1H3,(H,21,23)(H,20,22,24). The number of carbonyl (C=O) groups is 2. The van der Waals surface area contributed by atoms with Crippen molar-refractivity contribution in [3.63, 3.8) is 0 Å². The van der Waals surface area contributed by atoms with E-state index in [0.717, 1.165) is 23.4 Å². The van der Waals surface area contributed by atoms with Crippen LogP contribution in [-0.4, -0.2) is 16.8 Å². The topological polar surface area (TPSA) is 71.1 Å². The molecule has 0 saturated carbocycles. The van der Waals surface area contributed by atoms with Crippen LogP contribution in [0.15, 0.2) is 47.2 Å². The van der Waals surface area contributed by atoms with Crippen LogP contribution in [0.2, 0.25) is 0 Å². The molecule has 0 bridgehead atoms. The van der Waals surface area contributed by atoms with Crippen molar-refractivity contribution in [2.75, 3.05) is 10.6 Å². The SMILES string of the molecule is CCc1ccccc1NC(=O)CCc1csc(NC(=O)c2cccs2)n1. The van der Waals surface area contributed by atoms with Crippen LogP contribution in [0.25, 0.3) is 0 Å². The van der Waals surface area contributed by atoms with E-state index in [2.05, 4.69) is 22.5 Å². The largest absolute Gasteiger partial charge is 0.326 e. The fraction of sp³-hybridized carbons (Fsp3) is 0.211. The number of hydrogen-bond donors (Lipinski definition) is 2. The molecule has 5 nitrogen and oxygen atoms in total. The van der Waals surface area contributed by atoms with Gasteiger partial charge in [0.15, 0.2) is 5.13 Å². The Morgan fingerprint density at radius 2 is 1.92 bits per heavy atom. The van der Waals surface area contributed by atoms with Gasteiger partial charge in [0.2, 0.25) is 5.91 Å². The Balaban J connectivity index is 1.51. The van der Waals surface area contributed by atoms with E-state index in [1.807, 2.05) is 41.1 Å². The second-order valence-electron chi connectivity index (χ2n) is 5.63. The Bertz CT molecular complexity index is 888. The van der Waals surface area contributed by atoms with E-state index in [1.54, 1.807) is 6.07 Å². The Labute approximate surface area is 160 Å². The van der Waals surface area contributed by atoms with Crippen molar-refractivity contribution >= 4 is 45.3 Å². The van der Waals surface area contributed by atoms with E-state index in [-0.39, 0.29) is 11.8 Å². The summed E-state index contributed by atoms with van der Waals surface area (Å²) in [5, 5.41) is 10.0. The number of carbonyl (C=O) groups excluding carboxylic acids is 2. The fourth-order valence-corrected chi connectivity index (χ4v) is 3.81. The minimum absolute atomic E-state index is 0.0388. The van der Waals surface area contributed by atoms with Gasteiger partial charge in [0.25, 0.3) is 5.91 Å². The molecule has 7 heteroatoms. The lowest BCUT2D eigenvalue weighted by Gasteiger charge is -2.09. The van der Waals surface area contributed by atoms with Gasteiger partial charge >= 0.3 is 0 Å². The molecule has 0 unspecified atom stereocenters. The maximum atomic E-state index is 12.2. The van der Waals surface area contributed by atoms with Crippen LogP contribution in [0.4, 0.5) is 10.8 Å². The van der Waals surface area contributed by atoms with Crippen LogP contribution in [0, 0.1) is 0 Å². The number of anilines is 2. The number of thiazole rings is 1. The third-order valence-corrected chi connectivity index (χ3v) is 5.47. The van der Waals surface area contributed by atoms with Crippen molar-refractivity contribution in [2.24, 2.45) is 0 Å². The van der Waals surface area contributed by atoms with Crippen LogP contribution >= 0.6 is 22.7 Å². The molecule has 2 heterocycles. The monoisotopic (exact) mass is 385 g/mol. The molecule has 0 saturated heterocycles. The van der Waals surface area contributed by atoms with Crippen molar-refractivity contribution in [1.82, 2.24) is 4.98 Å². The number of rotatable bonds is 7. The number of para-hydroxylation sites is 1. The molecule has 0 atom stereocenters. The minimum Gasteiger partial charge on any atom is -0.326 e. The van der Waals surface area contributed by atoms with Crippen molar-refractivity contribution in [3.8, 4) is 0 Å². The van der Waals surface area contributed by atoms with E-state index >= 15 is 0 Å².